The number of fused-ring (bicyclic) bond motifs is 1. The molecule has 3 aromatic rings. The van der Waals surface area contributed by atoms with E-state index < -0.39 is 6.10 Å². The van der Waals surface area contributed by atoms with Crippen LogP contribution in [0.25, 0.3) is 11.0 Å². The molecule has 1 aromatic heterocycles. The topological polar surface area (TPSA) is 38.3 Å². The molecule has 0 saturated heterocycles. The highest BCUT2D eigenvalue weighted by Crippen LogP contribution is 2.23. The lowest BCUT2D eigenvalue weighted by atomic mass is 10.3. The summed E-state index contributed by atoms with van der Waals surface area (Å²) in [6, 6.07) is 15.3. The fourth-order valence-corrected chi connectivity index (χ4v) is 2.70. The van der Waals surface area contributed by atoms with Crippen molar-refractivity contribution in [2.75, 3.05) is 6.61 Å². The van der Waals surface area contributed by atoms with E-state index in [0.29, 0.717) is 17.3 Å². The van der Waals surface area contributed by atoms with Crippen LogP contribution in [-0.4, -0.2) is 22.4 Å². The Morgan fingerprint density at radius 2 is 1.91 bits per heavy atom. The molecule has 0 saturated carbocycles. The highest BCUT2D eigenvalue weighted by molar-refractivity contribution is 6.32. The maximum Gasteiger partial charge on any atom is 0.244 e. The van der Waals surface area contributed by atoms with E-state index in [-0.39, 0.29) is 6.61 Å². The summed E-state index contributed by atoms with van der Waals surface area (Å²) in [5.74, 6) is 0.589. The third kappa shape index (κ3) is 3.08. The standard InChI is InChI=1S/C17H18ClN2O2/c1-19-12-20(16-8-4-3-7-15(16)19)10-13(21)11-22-17-9-5-2-6-14(17)18/h2-9,12-13,21H,10-11H2,1H3/q+1/t13-/m0/s1. The second-order valence-electron chi connectivity index (χ2n) is 5.26. The van der Waals surface area contributed by atoms with Gasteiger partial charge in [-0.1, -0.05) is 35.9 Å². The molecule has 0 aliphatic rings. The lowest BCUT2D eigenvalue weighted by molar-refractivity contribution is -0.645. The Kier molecular flexibility index (Phi) is 4.32. The van der Waals surface area contributed by atoms with E-state index >= 15 is 0 Å². The van der Waals surface area contributed by atoms with Gasteiger partial charge in [0.05, 0.1) is 12.1 Å². The predicted octanol–water partition coefficient (Wildman–Crippen LogP) is 2.56. The summed E-state index contributed by atoms with van der Waals surface area (Å²) in [6.45, 7) is 0.658. The lowest BCUT2D eigenvalue weighted by Crippen LogP contribution is -2.27. The van der Waals surface area contributed by atoms with Crippen molar-refractivity contribution in [3.8, 4) is 5.75 Å². The van der Waals surface area contributed by atoms with Gasteiger partial charge in [-0.05, 0) is 24.3 Å². The third-order valence-corrected chi connectivity index (χ3v) is 3.87. The van der Waals surface area contributed by atoms with E-state index in [1.807, 2.05) is 52.8 Å². The molecule has 0 bridgehead atoms. The van der Waals surface area contributed by atoms with Crippen LogP contribution in [0.15, 0.2) is 54.9 Å². The van der Waals surface area contributed by atoms with Gasteiger partial charge in [0.25, 0.3) is 0 Å². The van der Waals surface area contributed by atoms with Gasteiger partial charge in [0.1, 0.15) is 25.0 Å². The quantitative estimate of drug-likeness (QED) is 0.735. The fraction of sp³-hybridized carbons (Fsp3) is 0.235. The van der Waals surface area contributed by atoms with Gasteiger partial charge in [-0.25, -0.2) is 9.13 Å². The van der Waals surface area contributed by atoms with Crippen LogP contribution < -0.4 is 9.30 Å². The van der Waals surface area contributed by atoms with Gasteiger partial charge in [-0.3, -0.25) is 0 Å². The van der Waals surface area contributed by atoms with Gasteiger partial charge < -0.3 is 9.84 Å². The van der Waals surface area contributed by atoms with Crippen LogP contribution in [0.4, 0.5) is 0 Å². The number of rotatable bonds is 5. The highest BCUT2D eigenvalue weighted by atomic mass is 35.5. The third-order valence-electron chi connectivity index (χ3n) is 3.56. The number of aryl methyl sites for hydroxylation is 1. The number of imidazole rings is 1. The van der Waals surface area contributed by atoms with Gasteiger partial charge in [-0.15, -0.1) is 0 Å². The molecule has 0 amide bonds. The molecule has 4 nitrogen and oxygen atoms in total. The zero-order valence-corrected chi connectivity index (χ0v) is 13.1. The van der Waals surface area contributed by atoms with Gasteiger partial charge in [0, 0.05) is 0 Å². The number of benzene rings is 2. The fourth-order valence-electron chi connectivity index (χ4n) is 2.51. The highest BCUT2D eigenvalue weighted by Gasteiger charge is 2.16. The van der Waals surface area contributed by atoms with Gasteiger partial charge in [-0.2, -0.15) is 0 Å². The Hall–Kier alpha value is -2.04. The molecule has 2 aromatic carbocycles. The first kappa shape index (κ1) is 14.9. The second-order valence-corrected chi connectivity index (χ2v) is 5.67. The van der Waals surface area contributed by atoms with Gasteiger partial charge in [0.2, 0.25) is 6.33 Å². The molecule has 5 heteroatoms. The lowest BCUT2D eigenvalue weighted by Gasteiger charge is -2.11. The number of hydrogen-bond acceptors (Lipinski definition) is 2. The Balaban J connectivity index is 1.69. The van der Waals surface area contributed by atoms with Crippen LogP contribution in [-0.2, 0) is 13.6 Å². The van der Waals surface area contributed by atoms with E-state index in [9.17, 15) is 5.11 Å². The average molecular weight is 318 g/mol. The van der Waals surface area contributed by atoms with E-state index in [2.05, 4.69) is 6.07 Å². The van der Waals surface area contributed by atoms with Crippen LogP contribution in [0.5, 0.6) is 5.75 Å². The summed E-state index contributed by atoms with van der Waals surface area (Å²) >= 11 is 6.03. The molecule has 0 unspecified atom stereocenters. The van der Waals surface area contributed by atoms with Crippen molar-refractivity contribution < 1.29 is 14.4 Å². The Bertz CT molecular complexity index is 785. The number of aromatic nitrogens is 2. The summed E-state index contributed by atoms with van der Waals surface area (Å²) in [6.07, 6.45) is 1.36. The number of aliphatic hydroxyl groups is 1. The monoisotopic (exact) mass is 317 g/mol. The molecule has 1 atom stereocenters. The number of hydrogen-bond donors (Lipinski definition) is 1. The first-order valence-electron chi connectivity index (χ1n) is 7.14. The van der Waals surface area contributed by atoms with Crippen LogP contribution in [0.2, 0.25) is 5.02 Å². The van der Waals surface area contributed by atoms with Crippen LogP contribution >= 0.6 is 11.6 Å². The van der Waals surface area contributed by atoms with Gasteiger partial charge >= 0.3 is 0 Å². The Morgan fingerprint density at radius 3 is 2.73 bits per heavy atom. The molecular weight excluding hydrogens is 300 g/mol. The molecule has 0 radical (unpaired) electrons. The largest absolute Gasteiger partial charge is 0.489 e. The first-order valence-corrected chi connectivity index (χ1v) is 7.52. The zero-order chi connectivity index (χ0) is 15.5. The average Bonchev–Trinajstić information content (AvgIpc) is 2.83. The van der Waals surface area contributed by atoms with Crippen molar-refractivity contribution in [3.63, 3.8) is 0 Å². The number of aliphatic hydroxyl groups excluding tert-OH is 1. The van der Waals surface area contributed by atoms with Crippen LogP contribution in [0.3, 0.4) is 0 Å². The minimum absolute atomic E-state index is 0.194. The van der Waals surface area contributed by atoms with Crippen LogP contribution in [0, 0.1) is 0 Å². The smallest absolute Gasteiger partial charge is 0.244 e. The summed E-state index contributed by atoms with van der Waals surface area (Å²) in [5, 5.41) is 10.8. The van der Waals surface area contributed by atoms with E-state index in [1.54, 1.807) is 12.1 Å². The first-order chi connectivity index (χ1) is 10.6. The SMILES string of the molecule is C[n+]1cn(C[C@H](O)COc2ccccc2Cl)c2ccccc21. The minimum Gasteiger partial charge on any atom is -0.489 e. The summed E-state index contributed by atoms with van der Waals surface area (Å²) in [4.78, 5) is 0. The van der Waals surface area contributed by atoms with Gasteiger partial charge in [0.15, 0.2) is 11.0 Å². The second kappa shape index (κ2) is 6.38. The molecule has 22 heavy (non-hydrogen) atoms. The Morgan fingerprint density at radius 1 is 1.18 bits per heavy atom. The maximum atomic E-state index is 10.2. The molecule has 0 fully saturated rings. The van der Waals surface area contributed by atoms with Crippen molar-refractivity contribution in [3.05, 3.63) is 59.9 Å². The number of halogens is 1. The van der Waals surface area contributed by atoms with Crippen molar-refractivity contribution in [2.24, 2.45) is 7.05 Å². The molecular formula is C17H18ClN2O2+. The van der Waals surface area contributed by atoms with Crippen molar-refractivity contribution >= 4 is 22.6 Å². The molecule has 0 aliphatic heterocycles. The van der Waals surface area contributed by atoms with Crippen molar-refractivity contribution in [1.82, 2.24) is 4.57 Å². The molecule has 114 valence electrons. The predicted molar refractivity (Wildman–Crippen MR) is 86.1 cm³/mol. The molecule has 0 spiro atoms. The summed E-state index contributed by atoms with van der Waals surface area (Å²) in [7, 11) is 1.99. The molecule has 0 aliphatic carbocycles. The minimum atomic E-state index is -0.618. The number of para-hydroxylation sites is 3. The molecule has 1 N–H and O–H groups in total. The number of nitrogens with zero attached hydrogens (tertiary/aromatic N) is 2. The number of ether oxygens (including phenoxy) is 1. The van der Waals surface area contributed by atoms with E-state index in [0.717, 1.165) is 11.0 Å². The van der Waals surface area contributed by atoms with Crippen molar-refractivity contribution in [2.45, 2.75) is 12.6 Å². The van der Waals surface area contributed by atoms with Crippen LogP contribution in [0.1, 0.15) is 0 Å². The maximum absolute atomic E-state index is 10.2. The van der Waals surface area contributed by atoms with Crippen molar-refractivity contribution in [1.29, 1.82) is 0 Å². The zero-order valence-electron chi connectivity index (χ0n) is 12.3. The molecule has 1 heterocycles. The van der Waals surface area contributed by atoms with E-state index in [4.69, 9.17) is 16.3 Å². The molecule has 3 rings (SSSR count). The summed E-state index contributed by atoms with van der Waals surface area (Å²) < 4.78 is 9.65. The normalized spacial score (nSPS) is 12.5. The summed E-state index contributed by atoms with van der Waals surface area (Å²) in [5.41, 5.74) is 2.21. The Labute approximate surface area is 134 Å². The van der Waals surface area contributed by atoms with E-state index in [1.165, 1.54) is 0 Å².